The fourth-order valence-corrected chi connectivity index (χ4v) is 3.50. The molecule has 0 saturated heterocycles. The Kier molecular flexibility index (Phi) is 4.02. The summed E-state index contributed by atoms with van der Waals surface area (Å²) in [6.07, 6.45) is 0. The van der Waals surface area contributed by atoms with E-state index >= 15 is 0 Å². The molecule has 2 N–H and O–H groups in total. The molecule has 0 spiro atoms. The van der Waals surface area contributed by atoms with Crippen LogP contribution in [-0.4, -0.2) is 20.5 Å². The summed E-state index contributed by atoms with van der Waals surface area (Å²) in [6, 6.07) is 12.7. The summed E-state index contributed by atoms with van der Waals surface area (Å²) in [5.74, 6) is 0.439. The number of aryl methyl sites for hydroxylation is 1. The van der Waals surface area contributed by atoms with Crippen LogP contribution in [0.5, 0.6) is 5.75 Å². The molecule has 24 heavy (non-hydrogen) atoms. The minimum Gasteiger partial charge on any atom is -0.495 e. The van der Waals surface area contributed by atoms with Crippen molar-refractivity contribution in [1.82, 2.24) is 4.98 Å². The number of anilines is 1. The van der Waals surface area contributed by atoms with E-state index in [0.29, 0.717) is 22.3 Å². The minimum absolute atomic E-state index is 0.102. The van der Waals surface area contributed by atoms with Gasteiger partial charge in [-0.1, -0.05) is 6.07 Å². The van der Waals surface area contributed by atoms with E-state index < -0.39 is 10.0 Å². The van der Waals surface area contributed by atoms with E-state index in [-0.39, 0.29) is 10.5 Å². The van der Waals surface area contributed by atoms with E-state index in [9.17, 15) is 13.2 Å². The molecule has 0 unspecified atom stereocenters. The van der Waals surface area contributed by atoms with Gasteiger partial charge >= 0.3 is 0 Å². The molecule has 0 amide bonds. The molecule has 0 aliphatic carbocycles. The normalized spacial score (nSPS) is 11.4. The molecule has 7 heteroatoms. The maximum atomic E-state index is 12.7. The molecular formula is C17H16N2O4S. The van der Waals surface area contributed by atoms with Crippen molar-refractivity contribution in [2.45, 2.75) is 11.8 Å². The van der Waals surface area contributed by atoms with Gasteiger partial charge in [0.05, 0.1) is 17.7 Å². The first-order valence-corrected chi connectivity index (χ1v) is 8.68. The van der Waals surface area contributed by atoms with E-state index in [0.717, 1.165) is 5.56 Å². The lowest BCUT2D eigenvalue weighted by Gasteiger charge is -2.13. The quantitative estimate of drug-likeness (QED) is 0.761. The lowest BCUT2D eigenvalue weighted by molar-refractivity contribution is 0.417. The van der Waals surface area contributed by atoms with Crippen LogP contribution >= 0.6 is 0 Å². The van der Waals surface area contributed by atoms with Gasteiger partial charge in [0.25, 0.3) is 10.0 Å². The number of fused-ring (bicyclic) bond motifs is 1. The molecule has 1 aromatic heterocycles. The fourth-order valence-electron chi connectivity index (χ4n) is 2.40. The van der Waals surface area contributed by atoms with Gasteiger partial charge in [-0.3, -0.25) is 9.52 Å². The highest BCUT2D eigenvalue weighted by Gasteiger charge is 2.17. The monoisotopic (exact) mass is 344 g/mol. The van der Waals surface area contributed by atoms with E-state index in [2.05, 4.69) is 9.71 Å². The summed E-state index contributed by atoms with van der Waals surface area (Å²) in [5, 5.41) is 0.633. The van der Waals surface area contributed by atoms with Crippen LogP contribution in [0.4, 0.5) is 5.69 Å². The van der Waals surface area contributed by atoms with Gasteiger partial charge in [-0.05, 0) is 54.3 Å². The van der Waals surface area contributed by atoms with Crippen LogP contribution in [0.3, 0.4) is 0 Å². The summed E-state index contributed by atoms with van der Waals surface area (Å²) in [6.45, 7) is 1.86. The standard InChI is InChI=1S/C17H16N2O4S/c1-11-3-7-16(23-2)15(9-11)19-24(21,22)13-5-6-14-12(10-13)4-8-17(20)18-14/h3-10,19H,1-2H3,(H,18,20). The second-order valence-corrected chi connectivity index (χ2v) is 7.06. The maximum Gasteiger partial charge on any atom is 0.262 e. The number of sulfonamides is 1. The zero-order valence-electron chi connectivity index (χ0n) is 13.2. The van der Waals surface area contributed by atoms with Crippen LogP contribution in [-0.2, 0) is 10.0 Å². The highest BCUT2D eigenvalue weighted by atomic mass is 32.2. The number of nitrogens with one attached hydrogen (secondary N) is 2. The highest BCUT2D eigenvalue weighted by Crippen LogP contribution is 2.28. The van der Waals surface area contributed by atoms with Crippen molar-refractivity contribution in [2.24, 2.45) is 0 Å². The van der Waals surface area contributed by atoms with Crippen molar-refractivity contribution in [3.05, 3.63) is 64.4 Å². The second kappa shape index (κ2) is 6.01. The van der Waals surface area contributed by atoms with Crippen LogP contribution in [0.1, 0.15) is 5.56 Å². The smallest absolute Gasteiger partial charge is 0.262 e. The van der Waals surface area contributed by atoms with Gasteiger partial charge in [0.1, 0.15) is 5.75 Å². The van der Waals surface area contributed by atoms with Crippen molar-refractivity contribution in [1.29, 1.82) is 0 Å². The Labute approximate surface area is 139 Å². The molecule has 0 saturated carbocycles. The van der Waals surface area contributed by atoms with Crippen molar-refractivity contribution in [2.75, 3.05) is 11.8 Å². The molecule has 0 aliphatic rings. The largest absolute Gasteiger partial charge is 0.495 e. The number of hydrogen-bond donors (Lipinski definition) is 2. The number of benzene rings is 2. The molecule has 3 rings (SSSR count). The van der Waals surface area contributed by atoms with Gasteiger partial charge in [-0.25, -0.2) is 8.42 Å². The molecule has 124 valence electrons. The summed E-state index contributed by atoms with van der Waals surface area (Å²) in [7, 11) is -2.31. The molecule has 3 aromatic rings. The van der Waals surface area contributed by atoms with Crippen LogP contribution < -0.4 is 15.0 Å². The van der Waals surface area contributed by atoms with Crippen LogP contribution in [0.25, 0.3) is 10.9 Å². The molecule has 1 heterocycles. The van der Waals surface area contributed by atoms with E-state index in [1.54, 1.807) is 24.3 Å². The molecule has 2 aromatic carbocycles. The summed E-state index contributed by atoms with van der Waals surface area (Å²) in [5.41, 5.74) is 1.62. The van der Waals surface area contributed by atoms with Crippen molar-refractivity contribution < 1.29 is 13.2 Å². The lowest BCUT2D eigenvalue weighted by Crippen LogP contribution is -2.14. The van der Waals surface area contributed by atoms with Gasteiger partial charge in [0.2, 0.25) is 5.56 Å². The molecule has 0 radical (unpaired) electrons. The zero-order chi connectivity index (χ0) is 17.3. The average Bonchev–Trinajstić information content (AvgIpc) is 2.54. The lowest BCUT2D eigenvalue weighted by atomic mass is 10.2. The summed E-state index contributed by atoms with van der Waals surface area (Å²) >= 11 is 0. The number of rotatable bonds is 4. The first-order chi connectivity index (χ1) is 11.4. The highest BCUT2D eigenvalue weighted by molar-refractivity contribution is 7.92. The number of pyridine rings is 1. The maximum absolute atomic E-state index is 12.7. The Morgan fingerprint density at radius 2 is 1.83 bits per heavy atom. The SMILES string of the molecule is COc1ccc(C)cc1NS(=O)(=O)c1ccc2[nH]c(=O)ccc2c1. The van der Waals surface area contributed by atoms with Crippen LogP contribution in [0, 0.1) is 6.92 Å². The Bertz CT molecular complexity index is 1070. The van der Waals surface area contributed by atoms with Gasteiger partial charge in [0.15, 0.2) is 0 Å². The van der Waals surface area contributed by atoms with Gasteiger partial charge in [-0.15, -0.1) is 0 Å². The second-order valence-electron chi connectivity index (χ2n) is 5.38. The predicted molar refractivity (Wildman–Crippen MR) is 93.1 cm³/mol. The molecule has 6 nitrogen and oxygen atoms in total. The number of aromatic amines is 1. The summed E-state index contributed by atoms with van der Waals surface area (Å²) < 4.78 is 33.1. The van der Waals surface area contributed by atoms with Crippen LogP contribution in [0.2, 0.25) is 0 Å². The fraction of sp³-hybridized carbons (Fsp3) is 0.118. The van der Waals surface area contributed by atoms with Gasteiger partial charge in [0, 0.05) is 11.6 Å². The molecule has 0 atom stereocenters. The average molecular weight is 344 g/mol. The topological polar surface area (TPSA) is 88.3 Å². The van der Waals surface area contributed by atoms with E-state index in [1.807, 2.05) is 13.0 Å². The van der Waals surface area contributed by atoms with E-state index in [1.165, 1.54) is 25.3 Å². The number of ether oxygens (including phenoxy) is 1. The molecule has 0 aliphatic heterocycles. The zero-order valence-corrected chi connectivity index (χ0v) is 14.0. The number of aromatic nitrogens is 1. The summed E-state index contributed by atoms with van der Waals surface area (Å²) in [4.78, 5) is 14.1. The number of H-pyrrole nitrogens is 1. The van der Waals surface area contributed by atoms with Gasteiger partial charge < -0.3 is 9.72 Å². The van der Waals surface area contributed by atoms with Crippen molar-refractivity contribution in [3.63, 3.8) is 0 Å². The van der Waals surface area contributed by atoms with E-state index in [4.69, 9.17) is 4.74 Å². The van der Waals surface area contributed by atoms with Crippen molar-refractivity contribution >= 4 is 26.6 Å². The minimum atomic E-state index is -3.79. The predicted octanol–water partition coefficient (Wildman–Crippen LogP) is 2.65. The van der Waals surface area contributed by atoms with Gasteiger partial charge in [-0.2, -0.15) is 0 Å². The Morgan fingerprint density at radius 3 is 2.58 bits per heavy atom. The number of methoxy groups -OCH3 is 1. The van der Waals surface area contributed by atoms with Crippen molar-refractivity contribution in [3.8, 4) is 5.75 Å². The first-order valence-electron chi connectivity index (χ1n) is 7.19. The third-order valence-electron chi connectivity index (χ3n) is 3.60. The Balaban J connectivity index is 2.03. The molecule has 0 bridgehead atoms. The molecular weight excluding hydrogens is 328 g/mol. The van der Waals surface area contributed by atoms with Crippen LogP contribution in [0.15, 0.2) is 58.2 Å². The third-order valence-corrected chi connectivity index (χ3v) is 4.97. The third kappa shape index (κ3) is 3.11. The molecule has 0 fully saturated rings. The first kappa shape index (κ1) is 16.1. The Hall–Kier alpha value is -2.80. The Morgan fingerprint density at radius 1 is 1.04 bits per heavy atom. The number of hydrogen-bond acceptors (Lipinski definition) is 4.